The number of para-hydroxylation sites is 1. The predicted molar refractivity (Wildman–Crippen MR) is 143 cm³/mol. The van der Waals surface area contributed by atoms with Crippen LogP contribution in [0.4, 0.5) is 0 Å². The number of likely N-dealkylation sites (tertiary alicyclic amines) is 1. The normalized spacial score (nSPS) is 32.9. The number of amides is 3. The first-order valence-electron chi connectivity index (χ1n) is 14.1. The van der Waals surface area contributed by atoms with E-state index >= 15 is 0 Å². The summed E-state index contributed by atoms with van der Waals surface area (Å²) in [5.41, 5.74) is -0.571. The molecule has 3 fully saturated rings. The quantitative estimate of drug-likeness (QED) is 0.415. The van der Waals surface area contributed by atoms with Gasteiger partial charge in [-0.2, -0.15) is 0 Å². The van der Waals surface area contributed by atoms with Crippen molar-refractivity contribution in [1.29, 1.82) is 0 Å². The Labute approximate surface area is 228 Å². The number of hydrogen-bond donors (Lipinski definition) is 3. The van der Waals surface area contributed by atoms with Gasteiger partial charge in [0.25, 0.3) is 0 Å². The molecule has 4 heterocycles. The molecule has 0 radical (unpaired) electrons. The third kappa shape index (κ3) is 4.04. The van der Waals surface area contributed by atoms with Gasteiger partial charge in [-0.15, -0.1) is 5.10 Å². The highest BCUT2D eigenvalue weighted by Crippen LogP contribution is 2.65. The second kappa shape index (κ2) is 10.2. The molecule has 11 nitrogen and oxygen atoms in total. The van der Waals surface area contributed by atoms with Gasteiger partial charge in [-0.25, -0.2) is 4.68 Å². The molecule has 39 heavy (non-hydrogen) atoms. The van der Waals surface area contributed by atoms with Crippen LogP contribution in [0.5, 0.6) is 0 Å². The van der Waals surface area contributed by atoms with Crippen LogP contribution in [-0.4, -0.2) is 79.2 Å². The Balaban J connectivity index is 1.53. The van der Waals surface area contributed by atoms with Crippen LogP contribution in [0.3, 0.4) is 0 Å². The van der Waals surface area contributed by atoms with Gasteiger partial charge >= 0.3 is 0 Å². The largest absolute Gasteiger partial charge is 0.394 e. The standard InChI is InChI=1S/C28H40N6O5/c1-6-12-29-24(36)21-22-26(38)34(20(14-35)16(3)7-2)23(28(22)13-17(4)27(21,5)39-28)25(37)30-15-33-19-11-9-8-10-18(19)31-32-33/h8-11,16-17,20-23,35H,6-7,12-15H2,1-5H3,(H,29,36)(H,30,37)/t16-,17?,20-,21+,22-,23?,27-,28?/m0/s1. The van der Waals surface area contributed by atoms with Gasteiger partial charge in [-0.3, -0.25) is 14.4 Å². The molecule has 0 aliphatic carbocycles. The predicted octanol–water partition coefficient (Wildman–Crippen LogP) is 1.45. The van der Waals surface area contributed by atoms with Crippen LogP contribution in [-0.2, 0) is 25.8 Å². The Morgan fingerprint density at radius 1 is 1.23 bits per heavy atom. The molecule has 3 N–H and O–H groups in total. The van der Waals surface area contributed by atoms with Crippen molar-refractivity contribution >= 4 is 28.8 Å². The summed E-state index contributed by atoms with van der Waals surface area (Å²) in [5.74, 6) is -2.56. The van der Waals surface area contributed by atoms with Crippen molar-refractivity contribution in [2.75, 3.05) is 13.2 Å². The van der Waals surface area contributed by atoms with Crippen molar-refractivity contribution in [3.63, 3.8) is 0 Å². The lowest BCUT2D eigenvalue weighted by Gasteiger charge is -2.39. The Hall–Kier alpha value is -3.05. The molecular formula is C28H40N6O5. The topological polar surface area (TPSA) is 139 Å². The van der Waals surface area contributed by atoms with E-state index in [-0.39, 0.29) is 36.9 Å². The molecular weight excluding hydrogens is 500 g/mol. The average molecular weight is 541 g/mol. The van der Waals surface area contributed by atoms with Crippen LogP contribution in [0.2, 0.25) is 0 Å². The second-order valence-electron chi connectivity index (χ2n) is 11.7. The number of aromatic nitrogens is 3. The van der Waals surface area contributed by atoms with Crippen LogP contribution >= 0.6 is 0 Å². The third-order valence-electron chi connectivity index (χ3n) is 9.50. The zero-order valence-corrected chi connectivity index (χ0v) is 23.4. The molecule has 3 amide bonds. The summed E-state index contributed by atoms with van der Waals surface area (Å²) in [6.45, 7) is 10.1. The minimum Gasteiger partial charge on any atom is -0.394 e. The van der Waals surface area contributed by atoms with Crippen molar-refractivity contribution in [1.82, 2.24) is 30.5 Å². The second-order valence-corrected chi connectivity index (χ2v) is 11.7. The first-order chi connectivity index (χ1) is 18.6. The molecule has 1 aromatic carbocycles. The molecule has 11 heteroatoms. The number of aliphatic hydroxyl groups excluding tert-OH is 1. The number of hydrogen-bond acceptors (Lipinski definition) is 7. The van der Waals surface area contributed by atoms with E-state index in [0.29, 0.717) is 24.9 Å². The van der Waals surface area contributed by atoms with E-state index in [4.69, 9.17) is 4.74 Å². The van der Waals surface area contributed by atoms with Crippen LogP contribution in [0, 0.1) is 23.7 Å². The number of fused-ring (bicyclic) bond motifs is 2. The van der Waals surface area contributed by atoms with Gasteiger partial charge in [0.05, 0.1) is 35.6 Å². The lowest BCUT2D eigenvalue weighted by molar-refractivity contribution is -0.152. The molecule has 5 rings (SSSR count). The van der Waals surface area contributed by atoms with Crippen molar-refractivity contribution in [2.45, 2.75) is 83.8 Å². The molecule has 3 aliphatic rings. The van der Waals surface area contributed by atoms with E-state index in [1.54, 1.807) is 4.68 Å². The van der Waals surface area contributed by atoms with Crippen LogP contribution in [0.1, 0.15) is 53.9 Å². The van der Waals surface area contributed by atoms with Gasteiger partial charge in [0, 0.05) is 6.54 Å². The summed E-state index contributed by atoms with van der Waals surface area (Å²) in [7, 11) is 0. The van der Waals surface area contributed by atoms with Gasteiger partial charge in [0.1, 0.15) is 23.8 Å². The number of aliphatic hydroxyl groups is 1. The molecule has 1 spiro atoms. The summed E-state index contributed by atoms with van der Waals surface area (Å²) in [6.07, 6.45) is 1.95. The maximum Gasteiger partial charge on any atom is 0.247 e. The van der Waals surface area contributed by atoms with Gasteiger partial charge < -0.3 is 25.4 Å². The van der Waals surface area contributed by atoms with E-state index in [9.17, 15) is 19.5 Å². The monoisotopic (exact) mass is 540 g/mol. The van der Waals surface area contributed by atoms with Crippen molar-refractivity contribution < 1.29 is 24.2 Å². The average Bonchev–Trinajstić information content (AvgIpc) is 3.60. The van der Waals surface area contributed by atoms with Gasteiger partial charge in [-0.1, -0.05) is 51.5 Å². The fourth-order valence-electron chi connectivity index (χ4n) is 7.19. The summed E-state index contributed by atoms with van der Waals surface area (Å²) >= 11 is 0. The number of carbonyl (C=O) groups is 3. The van der Waals surface area contributed by atoms with Crippen molar-refractivity contribution in [3.05, 3.63) is 24.3 Å². The first kappa shape index (κ1) is 27.5. The number of nitrogens with zero attached hydrogens (tertiary/aromatic N) is 4. The number of benzene rings is 1. The maximum absolute atomic E-state index is 14.3. The highest BCUT2D eigenvalue weighted by molar-refractivity contribution is 5.99. The number of carbonyl (C=O) groups excluding carboxylic acids is 3. The van der Waals surface area contributed by atoms with E-state index in [2.05, 4.69) is 20.9 Å². The minimum absolute atomic E-state index is 0.0513. The molecule has 212 valence electrons. The zero-order chi connectivity index (χ0) is 28.1. The van der Waals surface area contributed by atoms with E-state index in [1.165, 1.54) is 4.90 Å². The Morgan fingerprint density at radius 3 is 2.67 bits per heavy atom. The minimum atomic E-state index is -1.17. The third-order valence-corrected chi connectivity index (χ3v) is 9.50. The van der Waals surface area contributed by atoms with Gasteiger partial charge in [0.2, 0.25) is 17.7 Å². The highest BCUT2D eigenvalue weighted by atomic mass is 16.5. The summed E-state index contributed by atoms with van der Waals surface area (Å²) < 4.78 is 8.34. The molecule has 2 bridgehead atoms. The molecule has 8 atom stereocenters. The number of rotatable bonds is 10. The first-order valence-corrected chi connectivity index (χ1v) is 14.1. The van der Waals surface area contributed by atoms with Crippen molar-refractivity contribution in [2.24, 2.45) is 23.7 Å². The van der Waals surface area contributed by atoms with E-state index in [0.717, 1.165) is 11.9 Å². The molecule has 3 saturated heterocycles. The molecule has 3 aliphatic heterocycles. The SMILES string of the molecule is CCCNC(=O)[C@H]1[C@H]2C(=O)N([C@@H](CO)[C@@H](C)CC)C(C(=O)NCn3nnc4ccccc43)C23CC(C)[C@]1(C)O3. The summed E-state index contributed by atoms with van der Waals surface area (Å²) in [4.78, 5) is 43.5. The van der Waals surface area contributed by atoms with Crippen LogP contribution < -0.4 is 10.6 Å². The lowest BCUT2D eigenvalue weighted by atomic mass is 9.62. The Kier molecular flexibility index (Phi) is 7.17. The zero-order valence-electron chi connectivity index (χ0n) is 23.4. The van der Waals surface area contributed by atoms with Crippen LogP contribution in [0.25, 0.3) is 11.0 Å². The van der Waals surface area contributed by atoms with Gasteiger partial charge in [-0.05, 0) is 43.7 Å². The Bertz CT molecular complexity index is 1270. The maximum atomic E-state index is 14.3. The summed E-state index contributed by atoms with van der Waals surface area (Å²) in [6, 6.07) is 5.87. The fraction of sp³-hybridized carbons (Fsp3) is 0.679. The van der Waals surface area contributed by atoms with E-state index < -0.39 is 41.0 Å². The summed E-state index contributed by atoms with van der Waals surface area (Å²) in [5, 5.41) is 24.7. The highest BCUT2D eigenvalue weighted by Gasteiger charge is 2.80. The number of nitrogens with one attached hydrogen (secondary N) is 2. The number of ether oxygens (including phenoxy) is 1. The molecule has 2 aromatic rings. The lowest BCUT2D eigenvalue weighted by Crippen LogP contribution is -2.59. The molecule has 3 unspecified atom stereocenters. The molecule has 0 saturated carbocycles. The van der Waals surface area contributed by atoms with Crippen LogP contribution in [0.15, 0.2) is 24.3 Å². The van der Waals surface area contributed by atoms with E-state index in [1.807, 2.05) is 58.9 Å². The van der Waals surface area contributed by atoms with Gasteiger partial charge in [0.15, 0.2) is 0 Å². The Morgan fingerprint density at radius 2 is 1.97 bits per heavy atom. The molecule has 1 aromatic heterocycles. The van der Waals surface area contributed by atoms with Crippen molar-refractivity contribution in [3.8, 4) is 0 Å². The smallest absolute Gasteiger partial charge is 0.247 e. The fourth-order valence-corrected chi connectivity index (χ4v) is 7.19.